The monoisotopic (exact) mass is 263 g/mol. The Labute approximate surface area is 107 Å². The Hall–Kier alpha value is -2.01. The molecule has 5 heteroatoms. The van der Waals surface area contributed by atoms with Crippen LogP contribution < -0.4 is 0 Å². The van der Waals surface area contributed by atoms with E-state index in [9.17, 15) is 14.5 Å². The van der Waals surface area contributed by atoms with Crippen molar-refractivity contribution in [2.45, 2.75) is 6.92 Å². The van der Waals surface area contributed by atoms with Gasteiger partial charge >= 0.3 is 0 Å². The van der Waals surface area contributed by atoms with E-state index in [-0.39, 0.29) is 11.5 Å². The van der Waals surface area contributed by atoms with Crippen molar-refractivity contribution in [1.82, 2.24) is 0 Å². The molecule has 18 heavy (non-hydrogen) atoms. The fourth-order valence-electron chi connectivity index (χ4n) is 1.46. The highest BCUT2D eigenvalue weighted by atomic mass is 32.1. The Kier molecular flexibility index (Phi) is 3.53. The summed E-state index contributed by atoms with van der Waals surface area (Å²) < 4.78 is 12.8. The Bertz CT molecular complexity index is 602. The van der Waals surface area contributed by atoms with Crippen LogP contribution in [0.15, 0.2) is 42.1 Å². The van der Waals surface area contributed by atoms with Gasteiger partial charge in [-0.05, 0) is 29.8 Å². The van der Waals surface area contributed by atoms with Crippen molar-refractivity contribution < 1.29 is 9.31 Å². The van der Waals surface area contributed by atoms with E-state index in [1.165, 1.54) is 36.5 Å². The molecule has 0 saturated carbocycles. The summed E-state index contributed by atoms with van der Waals surface area (Å²) in [5.41, 5.74) is 1.00. The largest absolute Gasteiger partial charge is 0.259 e. The predicted molar refractivity (Wildman–Crippen MR) is 70.4 cm³/mol. The molecule has 1 aromatic heterocycles. The van der Waals surface area contributed by atoms with Crippen LogP contribution in [-0.2, 0) is 0 Å². The third kappa shape index (κ3) is 2.81. The van der Waals surface area contributed by atoms with Gasteiger partial charge in [0.15, 0.2) is 0 Å². The molecule has 0 saturated heterocycles. The maximum atomic E-state index is 12.8. The van der Waals surface area contributed by atoms with Gasteiger partial charge in [-0.15, -0.1) is 11.3 Å². The van der Waals surface area contributed by atoms with E-state index >= 15 is 0 Å². The van der Waals surface area contributed by atoms with E-state index in [0.29, 0.717) is 0 Å². The van der Waals surface area contributed by atoms with Crippen LogP contribution in [-0.4, -0.2) is 4.92 Å². The van der Waals surface area contributed by atoms with Crippen LogP contribution >= 0.6 is 11.3 Å². The Morgan fingerprint density at radius 1 is 1.28 bits per heavy atom. The van der Waals surface area contributed by atoms with Gasteiger partial charge in [0.2, 0.25) is 5.70 Å². The highest BCUT2D eigenvalue weighted by Crippen LogP contribution is 2.29. The third-order valence-corrected chi connectivity index (χ3v) is 3.48. The second-order valence-corrected chi connectivity index (χ2v) is 4.87. The van der Waals surface area contributed by atoms with Crippen molar-refractivity contribution >= 4 is 17.4 Å². The van der Waals surface area contributed by atoms with Crippen LogP contribution in [0.3, 0.4) is 0 Å². The van der Waals surface area contributed by atoms with Crippen molar-refractivity contribution in [1.29, 1.82) is 0 Å². The van der Waals surface area contributed by atoms with E-state index in [0.717, 1.165) is 15.3 Å². The van der Waals surface area contributed by atoms with Crippen LogP contribution in [0.5, 0.6) is 0 Å². The maximum absolute atomic E-state index is 12.8. The van der Waals surface area contributed by atoms with Crippen LogP contribution in [0.1, 0.15) is 11.8 Å². The number of hydrogen-bond donors (Lipinski definition) is 0. The smallest absolute Gasteiger partial charge is 0.244 e. The summed E-state index contributed by atoms with van der Waals surface area (Å²) in [4.78, 5) is 11.9. The second kappa shape index (κ2) is 5.10. The molecule has 2 rings (SSSR count). The topological polar surface area (TPSA) is 43.1 Å². The number of nitrogens with zero attached hydrogens (tertiary/aromatic N) is 1. The lowest BCUT2D eigenvalue weighted by Crippen LogP contribution is -1.91. The molecule has 0 atom stereocenters. The van der Waals surface area contributed by atoms with E-state index in [1.54, 1.807) is 12.1 Å². The molecule has 0 amide bonds. The van der Waals surface area contributed by atoms with E-state index in [1.807, 2.05) is 12.1 Å². The lowest BCUT2D eigenvalue weighted by atomic mass is 10.2. The fourth-order valence-corrected chi connectivity index (χ4v) is 2.47. The van der Waals surface area contributed by atoms with E-state index < -0.39 is 4.92 Å². The number of allylic oxidation sites excluding steroid dienone is 1. The summed E-state index contributed by atoms with van der Waals surface area (Å²) in [6.07, 6.45) is 1.53. The summed E-state index contributed by atoms with van der Waals surface area (Å²) in [6, 6.07) is 9.86. The number of rotatable bonds is 3. The molecule has 0 aliphatic heterocycles. The summed E-state index contributed by atoms with van der Waals surface area (Å²) in [6.45, 7) is 1.46. The van der Waals surface area contributed by atoms with Crippen LogP contribution in [0.25, 0.3) is 16.5 Å². The first-order chi connectivity index (χ1) is 8.56. The SMILES string of the molecule is CC(=Cc1ccc(-c2ccc(F)cc2)s1)[N+](=O)[O-]. The minimum atomic E-state index is -0.419. The number of nitro groups is 1. The van der Waals surface area contributed by atoms with Gasteiger partial charge in [-0.2, -0.15) is 0 Å². The summed E-state index contributed by atoms with van der Waals surface area (Å²) in [5, 5.41) is 10.5. The quantitative estimate of drug-likeness (QED) is 0.615. The molecule has 92 valence electrons. The number of hydrogen-bond acceptors (Lipinski definition) is 3. The lowest BCUT2D eigenvalue weighted by molar-refractivity contribution is -0.422. The molecule has 0 aliphatic rings. The number of halogens is 1. The van der Waals surface area contributed by atoms with Gasteiger partial charge in [-0.3, -0.25) is 10.1 Å². The molecule has 0 aliphatic carbocycles. The molecule has 0 N–H and O–H groups in total. The van der Waals surface area contributed by atoms with Crippen LogP contribution in [0.4, 0.5) is 4.39 Å². The molecule has 1 aromatic carbocycles. The van der Waals surface area contributed by atoms with Crippen molar-refractivity contribution in [3.63, 3.8) is 0 Å². The zero-order chi connectivity index (χ0) is 13.1. The Balaban J connectivity index is 2.28. The second-order valence-electron chi connectivity index (χ2n) is 3.75. The molecule has 0 bridgehead atoms. The first-order valence-electron chi connectivity index (χ1n) is 5.25. The van der Waals surface area contributed by atoms with E-state index in [2.05, 4.69) is 0 Å². The van der Waals surface area contributed by atoms with E-state index in [4.69, 9.17) is 0 Å². The average Bonchev–Trinajstić information content (AvgIpc) is 2.78. The van der Waals surface area contributed by atoms with Gasteiger partial charge < -0.3 is 0 Å². The summed E-state index contributed by atoms with van der Waals surface area (Å²) in [7, 11) is 0. The molecule has 0 fully saturated rings. The molecule has 1 heterocycles. The Morgan fingerprint density at radius 3 is 2.56 bits per heavy atom. The maximum Gasteiger partial charge on any atom is 0.244 e. The van der Waals surface area contributed by atoms with Crippen LogP contribution in [0.2, 0.25) is 0 Å². The zero-order valence-electron chi connectivity index (χ0n) is 9.59. The van der Waals surface area contributed by atoms with Crippen molar-refractivity contribution in [2.24, 2.45) is 0 Å². The zero-order valence-corrected chi connectivity index (χ0v) is 10.4. The van der Waals surface area contributed by atoms with Gasteiger partial charge in [-0.1, -0.05) is 12.1 Å². The highest BCUT2D eigenvalue weighted by molar-refractivity contribution is 7.16. The van der Waals surface area contributed by atoms with Gasteiger partial charge in [0, 0.05) is 22.8 Å². The standard InChI is InChI=1S/C13H10FNO2S/c1-9(15(16)17)8-12-6-7-13(18-12)10-2-4-11(14)5-3-10/h2-8H,1H3. The van der Waals surface area contributed by atoms with Gasteiger partial charge in [0.25, 0.3) is 0 Å². The molecule has 0 unspecified atom stereocenters. The fraction of sp³-hybridized carbons (Fsp3) is 0.0769. The van der Waals surface area contributed by atoms with Crippen molar-refractivity contribution in [3.05, 3.63) is 62.9 Å². The molecule has 0 radical (unpaired) electrons. The molecular formula is C13H10FNO2S. The van der Waals surface area contributed by atoms with Gasteiger partial charge in [0.05, 0.1) is 4.92 Å². The minimum Gasteiger partial charge on any atom is -0.259 e. The highest BCUT2D eigenvalue weighted by Gasteiger charge is 2.06. The van der Waals surface area contributed by atoms with Gasteiger partial charge in [-0.25, -0.2) is 4.39 Å². The number of benzene rings is 1. The average molecular weight is 263 g/mol. The first kappa shape index (κ1) is 12.4. The first-order valence-corrected chi connectivity index (χ1v) is 6.06. The third-order valence-electron chi connectivity index (χ3n) is 2.39. The summed E-state index contributed by atoms with van der Waals surface area (Å²) in [5.74, 6) is -0.278. The summed E-state index contributed by atoms with van der Waals surface area (Å²) >= 11 is 1.43. The molecule has 2 aromatic rings. The Morgan fingerprint density at radius 2 is 1.94 bits per heavy atom. The molecular weight excluding hydrogens is 253 g/mol. The molecule has 3 nitrogen and oxygen atoms in total. The predicted octanol–water partition coefficient (Wildman–Crippen LogP) is 4.19. The minimum absolute atomic E-state index is 0.0995. The van der Waals surface area contributed by atoms with Crippen molar-refractivity contribution in [2.75, 3.05) is 0 Å². The normalized spacial score (nSPS) is 11.6. The lowest BCUT2D eigenvalue weighted by Gasteiger charge is -1.95. The van der Waals surface area contributed by atoms with Crippen LogP contribution in [0, 0.1) is 15.9 Å². The van der Waals surface area contributed by atoms with Gasteiger partial charge in [0.1, 0.15) is 5.82 Å². The van der Waals surface area contributed by atoms with Crippen molar-refractivity contribution in [3.8, 4) is 10.4 Å². The number of thiophene rings is 1. The molecule has 0 spiro atoms.